The van der Waals surface area contributed by atoms with Gasteiger partial charge in [0.05, 0.1) is 10.7 Å². The van der Waals surface area contributed by atoms with Crippen molar-refractivity contribution in [1.29, 1.82) is 0 Å². The molecule has 0 aliphatic heterocycles. The van der Waals surface area contributed by atoms with Gasteiger partial charge < -0.3 is 0 Å². The largest absolute Gasteiger partial charge is 0.223 e. The molecule has 0 bridgehead atoms. The Morgan fingerprint density at radius 2 is 2.30 bits per heavy atom. The lowest BCUT2D eigenvalue weighted by molar-refractivity contribution is 0.577. The molecule has 1 aromatic rings. The van der Waals surface area contributed by atoms with Crippen molar-refractivity contribution in [3.8, 4) is 0 Å². The summed E-state index contributed by atoms with van der Waals surface area (Å²) >= 11 is 5.67. The van der Waals surface area contributed by atoms with Crippen molar-refractivity contribution >= 4 is 11.6 Å². The maximum Gasteiger partial charge on any atom is 0.213 e. The maximum atomic E-state index is 12.4. The predicted octanol–water partition coefficient (Wildman–Crippen LogP) is 2.44. The second kappa shape index (κ2) is 2.97. The van der Waals surface area contributed by atoms with Crippen LogP contribution in [0, 0.1) is 5.95 Å². The lowest BCUT2D eigenvalue weighted by Gasteiger charge is -1.97. The summed E-state index contributed by atoms with van der Waals surface area (Å²) in [7, 11) is 0. The summed E-state index contributed by atoms with van der Waals surface area (Å²) in [4.78, 5) is 3.59. The van der Waals surface area contributed by atoms with Crippen LogP contribution in [0.5, 0.6) is 0 Å². The molecule has 0 N–H and O–H groups in total. The van der Waals surface area contributed by atoms with Gasteiger partial charge in [-0.1, -0.05) is 18.5 Å². The fourth-order valence-corrected chi connectivity index (χ4v) is 0.945. The third kappa shape index (κ3) is 1.45. The van der Waals surface area contributed by atoms with Crippen molar-refractivity contribution in [2.45, 2.75) is 13.3 Å². The van der Waals surface area contributed by atoms with E-state index in [0.717, 1.165) is 0 Å². The minimum atomic E-state index is -0.471. The van der Waals surface area contributed by atoms with Crippen LogP contribution in [-0.4, -0.2) is 4.98 Å². The highest BCUT2D eigenvalue weighted by molar-refractivity contribution is 6.31. The molecule has 1 heterocycles. The number of rotatable bonds is 1. The SMILES string of the molecule is CCc1nc(F)ccc1Cl. The lowest BCUT2D eigenvalue weighted by atomic mass is 10.3. The third-order valence-electron chi connectivity index (χ3n) is 1.22. The second-order valence-electron chi connectivity index (χ2n) is 1.92. The summed E-state index contributed by atoms with van der Waals surface area (Å²) in [5, 5.41) is 0.531. The molecule has 1 aromatic heterocycles. The Bertz CT molecular complexity index is 237. The van der Waals surface area contributed by atoms with Gasteiger partial charge >= 0.3 is 0 Å². The van der Waals surface area contributed by atoms with Gasteiger partial charge in [0.1, 0.15) is 0 Å². The molecule has 3 heteroatoms. The Kier molecular flexibility index (Phi) is 2.22. The van der Waals surface area contributed by atoms with Crippen LogP contribution in [0.1, 0.15) is 12.6 Å². The van der Waals surface area contributed by atoms with Gasteiger partial charge in [-0.05, 0) is 18.6 Å². The van der Waals surface area contributed by atoms with Gasteiger partial charge in [0.2, 0.25) is 5.95 Å². The molecule has 0 radical (unpaired) electrons. The molecule has 0 amide bonds. The van der Waals surface area contributed by atoms with Crippen LogP contribution in [0.3, 0.4) is 0 Å². The minimum absolute atomic E-state index is 0.471. The van der Waals surface area contributed by atoms with E-state index < -0.39 is 5.95 Å². The molecule has 0 saturated carbocycles. The molecule has 0 unspecified atom stereocenters. The van der Waals surface area contributed by atoms with Crippen molar-refractivity contribution < 1.29 is 4.39 Å². The van der Waals surface area contributed by atoms with E-state index in [-0.39, 0.29) is 0 Å². The van der Waals surface area contributed by atoms with Crippen LogP contribution in [0.25, 0.3) is 0 Å². The van der Waals surface area contributed by atoms with E-state index in [9.17, 15) is 4.39 Å². The first kappa shape index (κ1) is 7.48. The number of hydrogen-bond acceptors (Lipinski definition) is 1. The maximum absolute atomic E-state index is 12.4. The summed E-state index contributed by atoms with van der Waals surface area (Å²) in [6.45, 7) is 1.88. The van der Waals surface area contributed by atoms with Crippen molar-refractivity contribution in [2.75, 3.05) is 0 Å². The zero-order chi connectivity index (χ0) is 7.56. The third-order valence-corrected chi connectivity index (χ3v) is 1.56. The van der Waals surface area contributed by atoms with Gasteiger partial charge in [0, 0.05) is 0 Å². The summed E-state index contributed by atoms with van der Waals surface area (Å²) in [6, 6.07) is 2.77. The second-order valence-corrected chi connectivity index (χ2v) is 2.32. The average Bonchev–Trinajstić information content (AvgIpc) is 1.94. The highest BCUT2D eigenvalue weighted by atomic mass is 35.5. The predicted molar refractivity (Wildman–Crippen MR) is 38.6 cm³/mol. The van der Waals surface area contributed by atoms with Gasteiger partial charge in [0.25, 0.3) is 0 Å². The minimum Gasteiger partial charge on any atom is -0.223 e. The smallest absolute Gasteiger partial charge is 0.213 e. The highest BCUT2D eigenvalue weighted by Crippen LogP contribution is 2.13. The first-order valence-electron chi connectivity index (χ1n) is 3.05. The van der Waals surface area contributed by atoms with Crippen LogP contribution < -0.4 is 0 Å². The molecular weight excluding hydrogens is 153 g/mol. The van der Waals surface area contributed by atoms with E-state index in [1.54, 1.807) is 0 Å². The standard InChI is InChI=1S/C7H7ClFN/c1-2-6-5(8)3-4-7(9)10-6/h3-4H,2H2,1H3. The molecular formula is C7H7ClFN. The van der Waals surface area contributed by atoms with Gasteiger partial charge in [-0.25, -0.2) is 4.98 Å². The molecule has 1 nitrogen and oxygen atoms in total. The molecule has 0 spiro atoms. The van der Waals surface area contributed by atoms with Gasteiger partial charge in [0.15, 0.2) is 0 Å². The zero-order valence-corrected chi connectivity index (χ0v) is 6.32. The number of halogens is 2. The number of aromatic nitrogens is 1. The fourth-order valence-electron chi connectivity index (χ4n) is 0.706. The first-order chi connectivity index (χ1) is 4.74. The van der Waals surface area contributed by atoms with Gasteiger partial charge in [-0.15, -0.1) is 0 Å². The van der Waals surface area contributed by atoms with E-state index in [1.807, 2.05) is 6.92 Å². The molecule has 1 rings (SSSR count). The molecule has 0 aliphatic rings. The fraction of sp³-hybridized carbons (Fsp3) is 0.286. The number of nitrogens with zero attached hydrogens (tertiary/aromatic N) is 1. The zero-order valence-electron chi connectivity index (χ0n) is 5.56. The highest BCUT2D eigenvalue weighted by Gasteiger charge is 1.99. The van der Waals surface area contributed by atoms with Crippen LogP contribution >= 0.6 is 11.6 Å². The lowest BCUT2D eigenvalue weighted by Crippen LogP contribution is -1.90. The Balaban J connectivity index is 3.09. The first-order valence-corrected chi connectivity index (χ1v) is 3.42. The summed E-state index contributed by atoms with van der Waals surface area (Å²) in [6.07, 6.45) is 0.663. The van der Waals surface area contributed by atoms with Crippen molar-refractivity contribution in [3.63, 3.8) is 0 Å². The van der Waals surface area contributed by atoms with Crippen LogP contribution in [0.2, 0.25) is 5.02 Å². The molecule has 10 heavy (non-hydrogen) atoms. The molecule has 0 atom stereocenters. The number of hydrogen-bond donors (Lipinski definition) is 0. The van der Waals surface area contributed by atoms with Crippen LogP contribution in [0.4, 0.5) is 4.39 Å². The molecule has 0 fully saturated rings. The van der Waals surface area contributed by atoms with E-state index in [0.29, 0.717) is 17.1 Å². The van der Waals surface area contributed by atoms with Crippen molar-refractivity contribution in [2.24, 2.45) is 0 Å². The van der Waals surface area contributed by atoms with E-state index in [1.165, 1.54) is 12.1 Å². The number of aryl methyl sites for hydroxylation is 1. The van der Waals surface area contributed by atoms with Crippen molar-refractivity contribution in [3.05, 3.63) is 28.8 Å². The Labute approximate surface area is 63.8 Å². The van der Waals surface area contributed by atoms with Gasteiger partial charge in [-0.2, -0.15) is 4.39 Å². The summed E-state index contributed by atoms with van der Waals surface area (Å²) in [5.74, 6) is -0.471. The van der Waals surface area contributed by atoms with E-state index in [2.05, 4.69) is 4.98 Å². The van der Waals surface area contributed by atoms with E-state index >= 15 is 0 Å². The monoisotopic (exact) mass is 159 g/mol. The van der Waals surface area contributed by atoms with Gasteiger partial charge in [-0.3, -0.25) is 0 Å². The van der Waals surface area contributed by atoms with Crippen molar-refractivity contribution in [1.82, 2.24) is 4.98 Å². The van der Waals surface area contributed by atoms with Crippen LogP contribution in [0.15, 0.2) is 12.1 Å². The van der Waals surface area contributed by atoms with Crippen LogP contribution in [-0.2, 0) is 6.42 Å². The molecule has 0 aromatic carbocycles. The Morgan fingerprint density at radius 3 is 2.80 bits per heavy atom. The van der Waals surface area contributed by atoms with E-state index in [4.69, 9.17) is 11.6 Å². The summed E-state index contributed by atoms with van der Waals surface area (Å²) < 4.78 is 12.4. The molecule has 0 saturated heterocycles. The topological polar surface area (TPSA) is 12.9 Å². The summed E-state index contributed by atoms with van der Waals surface area (Å²) in [5.41, 5.74) is 0.613. The quantitative estimate of drug-likeness (QED) is 0.574. The molecule has 0 aliphatic carbocycles. The number of pyridine rings is 1. The average molecular weight is 160 g/mol. The normalized spacial score (nSPS) is 9.90. The molecule has 54 valence electrons. The Hall–Kier alpha value is -0.630. The Morgan fingerprint density at radius 1 is 1.60 bits per heavy atom.